The largest absolute Gasteiger partial charge is 0.490 e. The Morgan fingerprint density at radius 2 is 2.04 bits per heavy atom. The van der Waals surface area contributed by atoms with Gasteiger partial charge in [0.2, 0.25) is 0 Å². The minimum Gasteiger partial charge on any atom is -0.490 e. The van der Waals surface area contributed by atoms with Gasteiger partial charge in [0.1, 0.15) is 22.0 Å². The van der Waals surface area contributed by atoms with Crippen molar-refractivity contribution in [2.45, 2.75) is 57.0 Å². The van der Waals surface area contributed by atoms with Crippen LogP contribution in [0.3, 0.4) is 0 Å². The third-order valence-electron chi connectivity index (χ3n) is 11.3. The molecular weight excluding hydrogens is 686 g/mol. The molecule has 1 saturated carbocycles. The van der Waals surface area contributed by atoms with E-state index in [9.17, 15) is 9.00 Å². The first-order chi connectivity index (χ1) is 24.6. The number of rotatable bonds is 3. The van der Waals surface area contributed by atoms with Gasteiger partial charge in [-0.15, -0.1) is 4.36 Å². The second-order valence-electron chi connectivity index (χ2n) is 14.8. The Morgan fingerprint density at radius 3 is 2.86 bits per heavy atom. The maximum Gasteiger partial charge on any atom is 0.286 e. The molecule has 4 heterocycles. The van der Waals surface area contributed by atoms with Gasteiger partial charge in [-0.2, -0.15) is 5.10 Å². The Hall–Kier alpha value is -4.00. The fraction of sp³-hybridized carbons (Fsp3) is 0.474. The summed E-state index contributed by atoms with van der Waals surface area (Å²) in [6.45, 7) is 4.09. The molecule has 4 aliphatic rings. The van der Waals surface area contributed by atoms with Gasteiger partial charge in [-0.25, -0.2) is 14.2 Å². The van der Waals surface area contributed by atoms with Crippen LogP contribution in [0.25, 0.3) is 11.0 Å². The molecule has 2 aromatic heterocycles. The molecular formula is C38H44ClN7O4S. The van der Waals surface area contributed by atoms with Crippen LogP contribution >= 0.6 is 11.6 Å². The lowest BCUT2D eigenvalue weighted by Gasteiger charge is -2.46. The van der Waals surface area contributed by atoms with Gasteiger partial charge in [0.25, 0.3) is 5.91 Å². The summed E-state index contributed by atoms with van der Waals surface area (Å²) in [4.78, 5) is 25.3. The SMILES string of the molecule is CO[C@H]1/C=C/C[C@H](C)CS(=O)(Nc2ncnc3c2cnn3C)=NC(=O)c2ccc3c(c2)N(C[C@@H]2CC[C@H]21)C[C@@]1(CCCc2cc(Cl)ccc21)CO3. The van der Waals surface area contributed by atoms with Crippen LogP contribution in [0, 0.1) is 17.8 Å². The third kappa shape index (κ3) is 6.51. The molecule has 1 spiro atoms. The van der Waals surface area contributed by atoms with Crippen LogP contribution in [0.2, 0.25) is 5.02 Å². The molecule has 8 rings (SSSR count). The lowest BCUT2D eigenvalue weighted by atomic mass is 9.68. The Bertz CT molecular complexity index is 2150. The molecule has 2 aliphatic carbocycles. The van der Waals surface area contributed by atoms with Crippen molar-refractivity contribution in [2.24, 2.45) is 29.2 Å². The third-order valence-corrected chi connectivity index (χ3v) is 13.5. The first-order valence-corrected chi connectivity index (χ1v) is 19.9. The van der Waals surface area contributed by atoms with Crippen molar-refractivity contribution < 1.29 is 18.5 Å². The van der Waals surface area contributed by atoms with Crippen molar-refractivity contribution in [3.05, 3.63) is 82.8 Å². The number of amides is 1. The molecule has 1 fully saturated rings. The Balaban J connectivity index is 1.22. The summed E-state index contributed by atoms with van der Waals surface area (Å²) in [5, 5.41) is 5.64. The van der Waals surface area contributed by atoms with Gasteiger partial charge >= 0.3 is 0 Å². The van der Waals surface area contributed by atoms with Crippen LogP contribution < -0.4 is 14.4 Å². The van der Waals surface area contributed by atoms with Gasteiger partial charge in [-0.1, -0.05) is 36.7 Å². The molecule has 268 valence electrons. The minimum absolute atomic E-state index is 0.0296. The van der Waals surface area contributed by atoms with Crippen molar-refractivity contribution in [1.82, 2.24) is 19.7 Å². The van der Waals surface area contributed by atoms with E-state index in [4.69, 9.17) is 21.1 Å². The van der Waals surface area contributed by atoms with Crippen LogP contribution in [-0.2, 0) is 33.5 Å². The van der Waals surface area contributed by atoms with Crippen LogP contribution in [0.15, 0.2) is 65.4 Å². The van der Waals surface area contributed by atoms with Crippen molar-refractivity contribution in [3.8, 4) is 5.75 Å². The predicted octanol–water partition coefficient (Wildman–Crippen LogP) is 6.76. The quantitative estimate of drug-likeness (QED) is 0.230. The summed E-state index contributed by atoms with van der Waals surface area (Å²) in [6.07, 6.45) is 13.2. The number of fused-ring (bicyclic) bond motifs is 5. The fourth-order valence-corrected chi connectivity index (χ4v) is 10.7. The van der Waals surface area contributed by atoms with Crippen molar-refractivity contribution in [2.75, 3.05) is 42.2 Å². The van der Waals surface area contributed by atoms with Crippen LogP contribution in [-0.4, -0.2) is 68.5 Å². The average molecular weight is 730 g/mol. The fourth-order valence-electron chi connectivity index (χ4n) is 8.56. The number of hydrogen-bond donors (Lipinski definition) is 1. The lowest BCUT2D eigenvalue weighted by Crippen LogP contribution is -2.49. The second-order valence-corrected chi connectivity index (χ2v) is 17.2. The average Bonchev–Trinajstić information content (AvgIpc) is 3.41. The smallest absolute Gasteiger partial charge is 0.286 e. The number of aryl methyl sites for hydroxylation is 2. The van der Waals surface area contributed by atoms with E-state index in [1.807, 2.05) is 25.1 Å². The molecule has 6 atom stereocenters. The number of benzene rings is 2. The number of halogens is 1. The normalized spacial score (nSPS) is 30.0. The minimum atomic E-state index is -3.35. The molecule has 2 aliphatic heterocycles. The number of anilines is 2. The Morgan fingerprint density at radius 1 is 1.16 bits per heavy atom. The van der Waals surface area contributed by atoms with Gasteiger partial charge in [0, 0.05) is 43.2 Å². The molecule has 2 aromatic carbocycles. The molecule has 4 aromatic rings. The highest BCUT2D eigenvalue weighted by molar-refractivity contribution is 7.95. The number of ether oxygens (including phenoxy) is 2. The van der Waals surface area contributed by atoms with E-state index in [0.717, 1.165) is 61.7 Å². The summed E-state index contributed by atoms with van der Waals surface area (Å²) in [5.74, 6) is 1.34. The molecule has 13 heteroatoms. The lowest BCUT2D eigenvalue weighted by molar-refractivity contribution is 0.0131. The zero-order valence-corrected chi connectivity index (χ0v) is 30.8. The molecule has 0 saturated heterocycles. The highest BCUT2D eigenvalue weighted by Gasteiger charge is 2.44. The number of aromatic nitrogens is 4. The summed E-state index contributed by atoms with van der Waals surface area (Å²) in [6, 6.07) is 11.8. The summed E-state index contributed by atoms with van der Waals surface area (Å²) in [7, 11) is 0.216. The molecule has 0 radical (unpaired) electrons. The highest BCUT2D eigenvalue weighted by Crippen LogP contribution is 2.47. The number of nitrogens with zero attached hydrogens (tertiary/aromatic N) is 6. The van der Waals surface area contributed by atoms with E-state index >= 15 is 0 Å². The number of allylic oxidation sites excluding steroid dienone is 1. The van der Waals surface area contributed by atoms with E-state index < -0.39 is 15.8 Å². The zero-order chi connectivity index (χ0) is 35.3. The first kappa shape index (κ1) is 34.1. The van der Waals surface area contributed by atoms with Crippen molar-refractivity contribution in [1.29, 1.82) is 0 Å². The van der Waals surface area contributed by atoms with Crippen molar-refractivity contribution in [3.63, 3.8) is 0 Å². The van der Waals surface area contributed by atoms with E-state index in [0.29, 0.717) is 47.3 Å². The van der Waals surface area contributed by atoms with Gasteiger partial charge in [0.05, 0.1) is 35.7 Å². The van der Waals surface area contributed by atoms with Crippen molar-refractivity contribution >= 4 is 50.0 Å². The maximum absolute atomic E-state index is 14.8. The molecule has 11 nitrogen and oxygen atoms in total. The van der Waals surface area contributed by atoms with E-state index in [1.54, 1.807) is 31.1 Å². The number of hydrogen-bond acceptors (Lipinski definition) is 8. The highest BCUT2D eigenvalue weighted by atomic mass is 35.5. The van der Waals surface area contributed by atoms with Crippen LogP contribution in [0.5, 0.6) is 5.75 Å². The van der Waals surface area contributed by atoms with E-state index in [-0.39, 0.29) is 23.2 Å². The molecule has 51 heavy (non-hydrogen) atoms. The van der Waals surface area contributed by atoms with Crippen LogP contribution in [0.4, 0.5) is 11.5 Å². The number of carbonyl (C=O) groups is 1. The standard InChI is InChI=1S/C38H44ClN7O4S/c1-24-6-4-8-33(49-3)29-12-9-27(29)19-46-21-38(15-5-7-25-16-28(39)11-13-31(25)38)22-50-34-14-10-26(17-32(34)46)37(47)44-51(48,20-24)43-35-30-18-42-45(2)36(30)41-23-40-35/h4,8,10-11,13-14,16-18,23-24,27,29,33H,5-7,9,12,15,19-22H2,1-3H3,(H,40,41,43,44,47,48)/b8-4+/t24-,27-,29+,33-,38-,51?/m0/s1. The molecule has 1 N–H and O–H groups in total. The maximum atomic E-state index is 14.8. The Labute approximate surface area is 304 Å². The van der Waals surface area contributed by atoms with Gasteiger partial charge in [-0.05, 0) is 97.7 Å². The van der Waals surface area contributed by atoms with Gasteiger partial charge in [-0.3, -0.25) is 14.2 Å². The van der Waals surface area contributed by atoms with E-state index in [2.05, 4.69) is 53.3 Å². The van der Waals surface area contributed by atoms with Gasteiger partial charge < -0.3 is 14.4 Å². The van der Waals surface area contributed by atoms with Gasteiger partial charge in [0.15, 0.2) is 11.5 Å². The first-order valence-electron chi connectivity index (χ1n) is 17.8. The molecule has 2 bridgehead atoms. The topological polar surface area (TPSA) is 124 Å². The Kier molecular flexibility index (Phi) is 9.04. The summed E-state index contributed by atoms with van der Waals surface area (Å²) < 4.78 is 36.7. The number of nitrogens with one attached hydrogen (secondary N) is 1. The zero-order valence-electron chi connectivity index (χ0n) is 29.3. The van der Waals surface area contributed by atoms with Crippen LogP contribution in [0.1, 0.15) is 60.5 Å². The van der Waals surface area contributed by atoms with E-state index in [1.165, 1.54) is 17.5 Å². The monoisotopic (exact) mass is 729 g/mol. The molecule has 1 amide bonds. The second kappa shape index (κ2) is 13.5. The summed E-state index contributed by atoms with van der Waals surface area (Å²) >= 11 is 6.47. The molecule has 1 unspecified atom stereocenters. The predicted molar refractivity (Wildman–Crippen MR) is 200 cm³/mol. The summed E-state index contributed by atoms with van der Waals surface area (Å²) in [5.41, 5.74) is 4.13. The number of carbonyl (C=O) groups excluding carboxylic acids is 1. The number of methoxy groups -OCH3 is 1.